The second-order valence-electron chi connectivity index (χ2n) is 6.69. The number of carbonyl (C=O) groups excluding carboxylic acids is 1. The van der Waals surface area contributed by atoms with E-state index in [0.29, 0.717) is 12.1 Å². The highest BCUT2D eigenvalue weighted by atomic mass is 16.3. The van der Waals surface area contributed by atoms with Gasteiger partial charge < -0.3 is 15.5 Å². The second kappa shape index (κ2) is 7.68. The zero-order chi connectivity index (χ0) is 18.6. The molecule has 1 heterocycles. The molecule has 0 aliphatic carbocycles. The zero-order valence-electron chi connectivity index (χ0n) is 14.7. The van der Waals surface area contributed by atoms with Gasteiger partial charge in [0.1, 0.15) is 5.71 Å². The molecule has 1 aliphatic rings. The van der Waals surface area contributed by atoms with E-state index in [9.17, 15) is 15.0 Å². The smallest absolute Gasteiger partial charge is 0.268 e. The van der Waals surface area contributed by atoms with Gasteiger partial charge in [-0.3, -0.25) is 9.80 Å². The molecule has 0 unspecified atom stereocenters. The quantitative estimate of drug-likeness (QED) is 0.740. The van der Waals surface area contributed by atoms with Crippen LogP contribution in [-0.4, -0.2) is 40.6 Å². The van der Waals surface area contributed by atoms with E-state index in [1.165, 1.54) is 0 Å². The Bertz CT molecular complexity index is 773. The Morgan fingerprint density at radius 3 is 2.27 bits per heavy atom. The van der Waals surface area contributed by atoms with Crippen LogP contribution in [0.15, 0.2) is 65.8 Å². The molecule has 6 nitrogen and oxygen atoms in total. The minimum atomic E-state index is -1.08. The number of nitrogens with one attached hydrogen (secondary N) is 1. The first-order valence-electron chi connectivity index (χ1n) is 8.57. The lowest BCUT2D eigenvalue weighted by molar-refractivity contribution is -0.117. The number of para-hydroxylation sites is 1. The summed E-state index contributed by atoms with van der Waals surface area (Å²) in [6.45, 7) is 0.879. The van der Waals surface area contributed by atoms with Crippen LogP contribution < -0.4 is 10.3 Å². The van der Waals surface area contributed by atoms with Gasteiger partial charge in [0.25, 0.3) is 5.91 Å². The van der Waals surface area contributed by atoms with Crippen molar-refractivity contribution in [3.8, 4) is 0 Å². The number of carbonyl (C=O) groups is 1. The average molecular weight is 353 g/mol. The van der Waals surface area contributed by atoms with Crippen molar-refractivity contribution >= 4 is 17.3 Å². The number of nitrogens with zero attached hydrogens (tertiary/aromatic N) is 2. The number of aliphatic hydroxyl groups is 2. The molecule has 1 amide bonds. The number of anilines is 1. The summed E-state index contributed by atoms with van der Waals surface area (Å²) in [5.41, 5.74) is 1.25. The fraction of sp³-hybridized carbons (Fsp3) is 0.300. The Hall–Kier alpha value is -2.70. The topological polar surface area (TPSA) is 85.2 Å². The van der Waals surface area contributed by atoms with Crippen LogP contribution in [0, 0.1) is 0 Å². The van der Waals surface area contributed by atoms with Gasteiger partial charge in [-0.1, -0.05) is 48.5 Å². The van der Waals surface area contributed by atoms with Crippen molar-refractivity contribution in [1.29, 1.82) is 0 Å². The minimum Gasteiger partial charge on any atom is -0.394 e. The average Bonchev–Trinajstić information content (AvgIpc) is 3.15. The third kappa shape index (κ3) is 3.76. The van der Waals surface area contributed by atoms with E-state index in [0.717, 1.165) is 11.3 Å². The lowest BCUT2D eigenvalue weighted by Gasteiger charge is -2.25. The molecule has 0 spiro atoms. The van der Waals surface area contributed by atoms with Gasteiger partial charge in [-0.2, -0.15) is 5.10 Å². The van der Waals surface area contributed by atoms with Gasteiger partial charge in [-0.25, -0.2) is 0 Å². The van der Waals surface area contributed by atoms with Crippen molar-refractivity contribution in [3.63, 3.8) is 0 Å². The van der Waals surface area contributed by atoms with Crippen LogP contribution in [0.4, 0.5) is 5.69 Å². The van der Waals surface area contributed by atoms with Gasteiger partial charge in [0.2, 0.25) is 0 Å². The van der Waals surface area contributed by atoms with Crippen LogP contribution in [0.2, 0.25) is 0 Å². The number of hydrogen-bond donors (Lipinski definition) is 3. The number of hydrogen-bond acceptors (Lipinski definition) is 5. The van der Waals surface area contributed by atoms with Gasteiger partial charge in [0, 0.05) is 6.42 Å². The SMILES string of the molecule is CC(CO)(CO)NC(=O)C1=NN(c2ccccc2)[C@H](c2ccccc2)C1. The first-order valence-corrected chi connectivity index (χ1v) is 8.57. The van der Waals surface area contributed by atoms with Crippen LogP contribution in [0.5, 0.6) is 0 Å². The normalized spacial score (nSPS) is 17.1. The first kappa shape index (κ1) is 18.1. The Balaban J connectivity index is 1.89. The number of amides is 1. The standard InChI is InChI=1S/C20H23N3O3/c1-20(13-24,14-25)21-19(26)17-12-18(15-8-4-2-5-9-15)23(22-17)16-10-6-3-7-11-16/h2-11,18,24-25H,12-14H2,1H3,(H,21,26)/t18-/m0/s1. The third-order valence-electron chi connectivity index (χ3n) is 4.49. The Morgan fingerprint density at radius 1 is 1.12 bits per heavy atom. The minimum absolute atomic E-state index is 0.0890. The number of benzene rings is 2. The molecular formula is C20H23N3O3. The summed E-state index contributed by atoms with van der Waals surface area (Å²) in [6, 6.07) is 19.5. The second-order valence-corrected chi connectivity index (χ2v) is 6.69. The van der Waals surface area contributed by atoms with E-state index in [1.54, 1.807) is 6.92 Å². The fourth-order valence-corrected chi connectivity index (χ4v) is 2.88. The molecule has 1 atom stereocenters. The largest absolute Gasteiger partial charge is 0.394 e. The summed E-state index contributed by atoms with van der Waals surface area (Å²) in [5.74, 6) is -0.380. The summed E-state index contributed by atoms with van der Waals surface area (Å²) < 4.78 is 0. The number of rotatable bonds is 6. The monoisotopic (exact) mass is 353 g/mol. The van der Waals surface area contributed by atoms with E-state index >= 15 is 0 Å². The third-order valence-corrected chi connectivity index (χ3v) is 4.49. The highest BCUT2D eigenvalue weighted by Crippen LogP contribution is 2.35. The Morgan fingerprint density at radius 2 is 1.69 bits per heavy atom. The fourth-order valence-electron chi connectivity index (χ4n) is 2.88. The van der Waals surface area contributed by atoms with Gasteiger partial charge in [-0.15, -0.1) is 0 Å². The molecule has 0 bridgehead atoms. The van der Waals surface area contributed by atoms with Crippen LogP contribution in [-0.2, 0) is 4.79 Å². The number of aliphatic hydroxyl groups excluding tert-OH is 2. The summed E-state index contributed by atoms with van der Waals surface area (Å²) in [4.78, 5) is 12.6. The maximum absolute atomic E-state index is 12.6. The predicted molar refractivity (Wildman–Crippen MR) is 101 cm³/mol. The zero-order valence-corrected chi connectivity index (χ0v) is 14.7. The molecule has 3 rings (SSSR count). The summed E-state index contributed by atoms with van der Waals surface area (Å²) >= 11 is 0. The van der Waals surface area contributed by atoms with Crippen LogP contribution in [0.3, 0.4) is 0 Å². The van der Waals surface area contributed by atoms with Crippen molar-refractivity contribution in [1.82, 2.24) is 5.32 Å². The predicted octanol–water partition coefficient (Wildman–Crippen LogP) is 1.85. The lowest BCUT2D eigenvalue weighted by atomic mass is 10.00. The molecule has 3 N–H and O–H groups in total. The molecule has 0 aromatic heterocycles. The van der Waals surface area contributed by atoms with Gasteiger partial charge >= 0.3 is 0 Å². The van der Waals surface area contributed by atoms with Gasteiger partial charge in [-0.05, 0) is 24.6 Å². The summed E-state index contributed by atoms with van der Waals surface area (Å²) in [7, 11) is 0. The summed E-state index contributed by atoms with van der Waals surface area (Å²) in [5, 5.41) is 27.9. The molecular weight excluding hydrogens is 330 g/mol. The lowest BCUT2D eigenvalue weighted by Crippen LogP contribution is -2.53. The molecule has 136 valence electrons. The molecule has 2 aromatic rings. The maximum atomic E-state index is 12.6. The van der Waals surface area contributed by atoms with E-state index in [1.807, 2.05) is 65.7 Å². The van der Waals surface area contributed by atoms with Crippen molar-refractivity contribution in [2.24, 2.45) is 5.10 Å². The first-order chi connectivity index (χ1) is 12.6. The molecule has 6 heteroatoms. The molecule has 0 radical (unpaired) electrons. The molecule has 1 aliphatic heterocycles. The van der Waals surface area contributed by atoms with Crippen molar-refractivity contribution < 1.29 is 15.0 Å². The molecule has 0 saturated heterocycles. The van der Waals surface area contributed by atoms with E-state index in [-0.39, 0.29) is 25.2 Å². The van der Waals surface area contributed by atoms with Crippen LogP contribution in [0.1, 0.15) is 24.9 Å². The van der Waals surface area contributed by atoms with Crippen molar-refractivity contribution in [2.45, 2.75) is 24.9 Å². The Labute approximate surface area is 152 Å². The van der Waals surface area contributed by atoms with E-state index < -0.39 is 5.54 Å². The van der Waals surface area contributed by atoms with E-state index in [2.05, 4.69) is 10.4 Å². The van der Waals surface area contributed by atoms with Gasteiger partial charge in [0.15, 0.2) is 0 Å². The van der Waals surface area contributed by atoms with Crippen molar-refractivity contribution in [2.75, 3.05) is 18.2 Å². The molecule has 26 heavy (non-hydrogen) atoms. The van der Waals surface area contributed by atoms with Crippen molar-refractivity contribution in [3.05, 3.63) is 66.2 Å². The molecule has 0 fully saturated rings. The Kier molecular flexibility index (Phi) is 5.35. The highest BCUT2D eigenvalue weighted by molar-refractivity contribution is 6.40. The molecule has 0 saturated carbocycles. The van der Waals surface area contributed by atoms with E-state index in [4.69, 9.17) is 0 Å². The van der Waals surface area contributed by atoms with Crippen LogP contribution in [0.25, 0.3) is 0 Å². The maximum Gasteiger partial charge on any atom is 0.268 e. The van der Waals surface area contributed by atoms with Gasteiger partial charge in [0.05, 0.1) is 30.5 Å². The summed E-state index contributed by atoms with van der Waals surface area (Å²) in [6.07, 6.45) is 0.442. The number of hydrazone groups is 1. The molecule has 2 aromatic carbocycles. The highest BCUT2D eigenvalue weighted by Gasteiger charge is 2.34. The van der Waals surface area contributed by atoms with Crippen LogP contribution >= 0.6 is 0 Å².